The second-order valence-corrected chi connectivity index (χ2v) is 9.39. The van der Waals surface area contributed by atoms with E-state index in [-0.39, 0.29) is 36.2 Å². The van der Waals surface area contributed by atoms with Gasteiger partial charge in [0.25, 0.3) is 5.91 Å². The van der Waals surface area contributed by atoms with Crippen LogP contribution in [0.1, 0.15) is 73.1 Å². The second kappa shape index (κ2) is 8.99. The lowest BCUT2D eigenvalue weighted by Crippen LogP contribution is -2.52. The minimum atomic E-state index is -0.830. The van der Waals surface area contributed by atoms with Crippen LogP contribution in [0.5, 0.6) is 0 Å². The van der Waals surface area contributed by atoms with E-state index in [0.717, 1.165) is 30.6 Å². The third-order valence-electron chi connectivity index (χ3n) is 6.66. The van der Waals surface area contributed by atoms with Crippen molar-refractivity contribution >= 4 is 30.3 Å². The van der Waals surface area contributed by atoms with E-state index in [1.807, 2.05) is 13.8 Å². The predicted molar refractivity (Wildman–Crippen MR) is 112 cm³/mol. The molecule has 2 fully saturated rings. The van der Waals surface area contributed by atoms with Gasteiger partial charge in [-0.15, -0.1) is 12.4 Å². The van der Waals surface area contributed by atoms with Crippen LogP contribution >= 0.6 is 12.4 Å². The number of imide groups is 1. The third-order valence-corrected chi connectivity index (χ3v) is 6.66. The summed E-state index contributed by atoms with van der Waals surface area (Å²) in [4.78, 5) is 38.7. The molecule has 0 unspecified atom stereocenters. The fraction of sp³-hybridized carbons (Fsp3) is 0.850. The van der Waals surface area contributed by atoms with E-state index in [9.17, 15) is 14.4 Å². The van der Waals surface area contributed by atoms with Gasteiger partial charge in [0.05, 0.1) is 0 Å². The fourth-order valence-corrected chi connectivity index (χ4v) is 4.11. The molecule has 28 heavy (non-hydrogen) atoms. The van der Waals surface area contributed by atoms with Crippen molar-refractivity contribution in [3.63, 3.8) is 0 Å². The zero-order valence-electron chi connectivity index (χ0n) is 17.9. The number of carbonyl (C=O) groups is 3. The number of amides is 4. The maximum atomic E-state index is 12.9. The number of urea groups is 1. The van der Waals surface area contributed by atoms with Gasteiger partial charge in [-0.3, -0.25) is 14.5 Å². The van der Waals surface area contributed by atoms with Crippen LogP contribution in [-0.4, -0.2) is 46.9 Å². The van der Waals surface area contributed by atoms with Gasteiger partial charge in [0, 0.05) is 12.1 Å². The number of halogens is 1. The molecule has 7 nitrogen and oxygen atoms in total. The molecule has 1 aliphatic carbocycles. The molecule has 162 valence electrons. The summed E-state index contributed by atoms with van der Waals surface area (Å²) in [5.74, 6) is -0.0819. The molecule has 2 aliphatic rings. The van der Waals surface area contributed by atoms with Crippen LogP contribution in [0, 0.1) is 11.3 Å². The number of nitrogens with two attached hydrogens (primary N) is 1. The largest absolute Gasteiger partial charge is 0.353 e. The molecular formula is C20H37ClN4O3. The smallest absolute Gasteiger partial charge is 0.325 e. The fourth-order valence-electron chi connectivity index (χ4n) is 4.11. The molecule has 4 N–H and O–H groups in total. The van der Waals surface area contributed by atoms with Crippen molar-refractivity contribution in [2.75, 3.05) is 13.1 Å². The Labute approximate surface area is 174 Å². The van der Waals surface area contributed by atoms with E-state index in [2.05, 4.69) is 31.4 Å². The highest BCUT2D eigenvalue weighted by Gasteiger charge is 2.53. The number of nitrogens with zero attached hydrogens (tertiary/aromatic N) is 1. The summed E-state index contributed by atoms with van der Waals surface area (Å²) >= 11 is 0. The lowest BCUT2D eigenvalue weighted by molar-refractivity contribution is -0.136. The highest BCUT2D eigenvalue weighted by molar-refractivity contribution is 6.09. The van der Waals surface area contributed by atoms with Crippen LogP contribution in [0.2, 0.25) is 0 Å². The van der Waals surface area contributed by atoms with Gasteiger partial charge in [0.15, 0.2) is 0 Å². The average molecular weight is 417 g/mol. The summed E-state index contributed by atoms with van der Waals surface area (Å²) in [6.07, 6.45) is 4.55. The third kappa shape index (κ3) is 5.17. The molecule has 1 heterocycles. The monoisotopic (exact) mass is 416 g/mol. The Balaban J connectivity index is 0.00000392. The van der Waals surface area contributed by atoms with Gasteiger partial charge in [-0.25, -0.2) is 4.79 Å². The van der Waals surface area contributed by atoms with Gasteiger partial charge < -0.3 is 16.4 Å². The summed E-state index contributed by atoms with van der Waals surface area (Å²) in [7, 11) is 0. The number of carbonyl (C=O) groups excluding carboxylic acids is 3. The molecule has 0 aromatic rings. The minimum absolute atomic E-state index is 0. The Bertz CT molecular complexity index is 591. The maximum absolute atomic E-state index is 12.9. The van der Waals surface area contributed by atoms with Crippen molar-refractivity contribution in [2.24, 2.45) is 17.1 Å². The molecule has 0 aromatic carbocycles. The molecule has 4 amide bonds. The van der Waals surface area contributed by atoms with E-state index in [1.165, 1.54) is 0 Å². The molecule has 8 heteroatoms. The Morgan fingerprint density at radius 2 is 1.75 bits per heavy atom. The Morgan fingerprint density at radius 1 is 1.21 bits per heavy atom. The topological polar surface area (TPSA) is 105 Å². The Kier molecular flexibility index (Phi) is 7.93. The van der Waals surface area contributed by atoms with Gasteiger partial charge in [0.1, 0.15) is 12.1 Å². The van der Waals surface area contributed by atoms with Crippen molar-refractivity contribution < 1.29 is 14.4 Å². The molecule has 0 aromatic heterocycles. The minimum Gasteiger partial charge on any atom is -0.353 e. The molecule has 0 atom stereocenters. The van der Waals surface area contributed by atoms with Crippen molar-refractivity contribution in [3.05, 3.63) is 0 Å². The molecule has 1 saturated heterocycles. The van der Waals surface area contributed by atoms with Gasteiger partial charge >= 0.3 is 6.03 Å². The summed E-state index contributed by atoms with van der Waals surface area (Å²) in [6, 6.07) is -0.464. The van der Waals surface area contributed by atoms with Crippen LogP contribution in [0.25, 0.3) is 0 Å². The number of nitrogens with one attached hydrogen (secondary N) is 2. The first-order valence-electron chi connectivity index (χ1n) is 10.2. The van der Waals surface area contributed by atoms with Gasteiger partial charge in [-0.1, -0.05) is 34.6 Å². The summed E-state index contributed by atoms with van der Waals surface area (Å²) < 4.78 is 0. The van der Waals surface area contributed by atoms with Crippen LogP contribution < -0.4 is 16.4 Å². The number of rotatable bonds is 6. The van der Waals surface area contributed by atoms with Crippen LogP contribution in [0.3, 0.4) is 0 Å². The molecule has 0 bridgehead atoms. The average Bonchev–Trinajstić information content (AvgIpc) is 2.83. The Hall–Kier alpha value is -1.34. The highest BCUT2D eigenvalue weighted by atomic mass is 35.5. The van der Waals surface area contributed by atoms with Crippen LogP contribution in [-0.2, 0) is 9.59 Å². The van der Waals surface area contributed by atoms with Crippen LogP contribution in [0.4, 0.5) is 4.79 Å². The molecular weight excluding hydrogens is 380 g/mol. The highest BCUT2D eigenvalue weighted by Crippen LogP contribution is 2.43. The van der Waals surface area contributed by atoms with Crippen molar-refractivity contribution in [2.45, 2.75) is 84.2 Å². The van der Waals surface area contributed by atoms with Gasteiger partial charge in [0.2, 0.25) is 5.91 Å². The van der Waals surface area contributed by atoms with Crippen molar-refractivity contribution in [3.8, 4) is 0 Å². The predicted octanol–water partition coefficient (Wildman–Crippen LogP) is 2.57. The van der Waals surface area contributed by atoms with Crippen molar-refractivity contribution in [1.82, 2.24) is 15.5 Å². The lowest BCUT2D eigenvalue weighted by atomic mass is 9.67. The summed E-state index contributed by atoms with van der Waals surface area (Å²) in [5, 5.41) is 5.65. The first kappa shape index (κ1) is 24.7. The Morgan fingerprint density at radius 3 is 2.21 bits per heavy atom. The molecule has 0 radical (unpaired) electrons. The zero-order chi connectivity index (χ0) is 20.5. The lowest BCUT2D eigenvalue weighted by Gasteiger charge is -2.40. The molecule has 1 saturated carbocycles. The van der Waals surface area contributed by atoms with Gasteiger partial charge in [-0.05, 0) is 49.9 Å². The SMILES string of the molecule is CCC(N)(CC)CNC(=O)CN1C(=O)NC2(CCC(C(C)(C)C)CC2)C1=O.Cl. The standard InChI is InChI=1S/C20H36N4O3.ClH/c1-6-19(21,7-2)13-22-15(25)12-24-16(26)20(23-17(24)27)10-8-14(9-11-20)18(3,4)5;/h14H,6-13,21H2,1-5H3,(H,22,25)(H,23,27);1H. The number of hydrogen-bond acceptors (Lipinski definition) is 4. The second-order valence-electron chi connectivity index (χ2n) is 9.39. The molecule has 2 rings (SSSR count). The first-order valence-corrected chi connectivity index (χ1v) is 10.2. The van der Waals surface area contributed by atoms with E-state index >= 15 is 0 Å². The number of hydrogen-bond donors (Lipinski definition) is 3. The van der Waals surface area contributed by atoms with Gasteiger partial charge in [-0.2, -0.15) is 0 Å². The van der Waals surface area contributed by atoms with E-state index in [0.29, 0.717) is 25.3 Å². The first-order chi connectivity index (χ1) is 12.5. The maximum Gasteiger partial charge on any atom is 0.325 e. The van der Waals surface area contributed by atoms with Crippen LogP contribution in [0.15, 0.2) is 0 Å². The summed E-state index contributed by atoms with van der Waals surface area (Å²) in [6.45, 7) is 10.7. The molecule has 1 aliphatic heterocycles. The molecule has 1 spiro atoms. The normalized spacial score (nSPS) is 25.5. The van der Waals surface area contributed by atoms with Crippen molar-refractivity contribution in [1.29, 1.82) is 0 Å². The van der Waals surface area contributed by atoms with E-state index in [1.54, 1.807) is 0 Å². The van der Waals surface area contributed by atoms with E-state index in [4.69, 9.17) is 5.73 Å². The summed E-state index contributed by atoms with van der Waals surface area (Å²) in [5.41, 5.74) is 5.10. The van der Waals surface area contributed by atoms with E-state index < -0.39 is 17.1 Å². The zero-order valence-corrected chi connectivity index (χ0v) is 18.7. The quantitative estimate of drug-likeness (QED) is 0.578.